The number of hydrogen-bond donors (Lipinski definition) is 0. The van der Waals surface area contributed by atoms with Crippen molar-refractivity contribution in [3.8, 4) is 0 Å². The van der Waals surface area contributed by atoms with Crippen LogP contribution in [0.5, 0.6) is 0 Å². The fraction of sp³-hybridized carbons (Fsp3) is 0. The third-order valence-corrected chi connectivity index (χ3v) is 8.44. The average Bonchev–Trinajstić information content (AvgIpc) is 2.45. The summed E-state index contributed by atoms with van der Waals surface area (Å²) in [6, 6.07) is 3.02. The lowest BCUT2D eigenvalue weighted by Crippen LogP contribution is -1.82. The second kappa shape index (κ2) is 8.23. The van der Waals surface area contributed by atoms with Gasteiger partial charge in [0.15, 0.2) is 0 Å². The summed E-state index contributed by atoms with van der Waals surface area (Å²) in [4.78, 5) is 1.09. The van der Waals surface area contributed by atoms with Crippen molar-refractivity contribution < 1.29 is 0 Å². The quantitative estimate of drug-likeness (QED) is 0.237. The molecule has 22 heavy (non-hydrogen) atoms. The minimum atomic E-state index is 0.224. The molecule has 10 heteroatoms. The Labute approximate surface area is 175 Å². The zero-order valence-electron chi connectivity index (χ0n) is 9.99. The smallest absolute Gasteiger partial charge is 0.0791 e. The molecule has 0 saturated heterocycles. The SMILES string of the molecule is Clc1cc(Cl)c(SSc2c(Cl)cc(Cl)c(Cl)c2Cl)c(Cl)c1Cl. The van der Waals surface area contributed by atoms with Gasteiger partial charge in [-0.25, -0.2) is 0 Å². The molecule has 0 spiro atoms. The molecular formula is C12H2Cl8S2. The monoisotopic (exact) mass is 490 g/mol. The van der Waals surface area contributed by atoms with Gasteiger partial charge in [-0.2, -0.15) is 0 Å². The van der Waals surface area contributed by atoms with E-state index in [1.54, 1.807) is 0 Å². The van der Waals surface area contributed by atoms with Crippen molar-refractivity contribution in [1.29, 1.82) is 0 Å². The standard InChI is InChI=1S/C12H2Cl8S2/c13-3-1-5(15)11(9(19)7(3)17)21-22-12-6(16)2-4(14)8(18)10(12)20/h1-2H. The molecule has 0 unspecified atom stereocenters. The molecule has 2 aromatic rings. The summed E-state index contributed by atoms with van der Waals surface area (Å²) in [6.07, 6.45) is 0. The Balaban J connectivity index is 2.36. The van der Waals surface area contributed by atoms with Crippen LogP contribution in [0.25, 0.3) is 0 Å². The number of halogens is 8. The van der Waals surface area contributed by atoms with Crippen molar-refractivity contribution in [3.63, 3.8) is 0 Å². The van der Waals surface area contributed by atoms with Crippen LogP contribution in [0.15, 0.2) is 21.9 Å². The van der Waals surface area contributed by atoms with Gasteiger partial charge in [0.1, 0.15) is 0 Å². The maximum Gasteiger partial charge on any atom is 0.0791 e. The summed E-state index contributed by atoms with van der Waals surface area (Å²) in [5, 5.41) is 2.24. The molecule has 2 rings (SSSR count). The first kappa shape index (κ1) is 19.8. The van der Waals surface area contributed by atoms with E-state index in [1.807, 2.05) is 0 Å². The van der Waals surface area contributed by atoms with Crippen LogP contribution in [-0.2, 0) is 0 Å². The summed E-state index contributed by atoms with van der Waals surface area (Å²) in [6.45, 7) is 0. The van der Waals surface area contributed by atoms with E-state index in [0.29, 0.717) is 19.8 Å². The van der Waals surface area contributed by atoms with Gasteiger partial charge in [-0.15, -0.1) is 0 Å². The molecule has 0 radical (unpaired) electrons. The molecule has 0 atom stereocenters. The predicted octanol–water partition coefficient (Wildman–Crippen LogP) is 9.71. The molecule has 0 bridgehead atoms. The number of benzene rings is 2. The van der Waals surface area contributed by atoms with Crippen molar-refractivity contribution in [3.05, 3.63) is 52.3 Å². The molecule has 0 N–H and O–H groups in total. The van der Waals surface area contributed by atoms with E-state index in [1.165, 1.54) is 33.7 Å². The zero-order chi connectivity index (χ0) is 16.6. The first-order valence-corrected chi connectivity index (χ1v) is 10.4. The molecule has 0 aliphatic carbocycles. The van der Waals surface area contributed by atoms with Gasteiger partial charge in [-0.05, 0) is 33.7 Å². The van der Waals surface area contributed by atoms with Crippen LogP contribution < -0.4 is 0 Å². The minimum absolute atomic E-state index is 0.224. The summed E-state index contributed by atoms with van der Waals surface area (Å²) < 4.78 is 0. The van der Waals surface area contributed by atoms with Crippen LogP contribution in [0.2, 0.25) is 40.2 Å². The Morgan fingerprint density at radius 2 is 0.773 bits per heavy atom. The van der Waals surface area contributed by atoms with Gasteiger partial charge >= 0.3 is 0 Å². The fourth-order valence-corrected chi connectivity index (χ4v) is 6.62. The molecule has 0 amide bonds. The Kier molecular flexibility index (Phi) is 7.40. The number of hydrogen-bond acceptors (Lipinski definition) is 2. The topological polar surface area (TPSA) is 0 Å². The summed E-state index contributed by atoms with van der Waals surface area (Å²) in [5.41, 5.74) is 0. The maximum absolute atomic E-state index is 6.16. The molecule has 0 saturated carbocycles. The molecule has 0 heterocycles. The molecule has 2 aromatic carbocycles. The van der Waals surface area contributed by atoms with E-state index in [9.17, 15) is 0 Å². The zero-order valence-corrected chi connectivity index (χ0v) is 17.7. The van der Waals surface area contributed by atoms with Gasteiger partial charge < -0.3 is 0 Å². The Hall–Kier alpha value is 1.46. The van der Waals surface area contributed by atoms with Crippen LogP contribution in [-0.4, -0.2) is 0 Å². The van der Waals surface area contributed by atoms with Crippen LogP contribution in [0.1, 0.15) is 0 Å². The molecule has 0 aliphatic heterocycles. The van der Waals surface area contributed by atoms with Crippen molar-refractivity contribution in [2.45, 2.75) is 9.79 Å². The fourth-order valence-electron chi connectivity index (χ4n) is 1.34. The van der Waals surface area contributed by atoms with Crippen LogP contribution in [0.4, 0.5) is 0 Å². The Morgan fingerprint density at radius 3 is 1.09 bits per heavy atom. The lowest BCUT2D eigenvalue weighted by atomic mass is 10.3. The van der Waals surface area contributed by atoms with Gasteiger partial charge in [-0.3, -0.25) is 0 Å². The molecule has 118 valence electrons. The molecule has 0 aliphatic rings. The lowest BCUT2D eigenvalue weighted by molar-refractivity contribution is 1.46. The molecule has 0 fully saturated rings. The maximum atomic E-state index is 6.16. The van der Waals surface area contributed by atoms with E-state index in [0.717, 1.165) is 0 Å². The number of rotatable bonds is 3. The van der Waals surface area contributed by atoms with E-state index in [-0.39, 0.29) is 30.1 Å². The van der Waals surface area contributed by atoms with Crippen molar-refractivity contribution >= 4 is 114 Å². The van der Waals surface area contributed by atoms with Gasteiger partial charge in [0.05, 0.1) is 50.0 Å². The second-order valence-electron chi connectivity index (χ2n) is 3.76. The first-order valence-electron chi connectivity index (χ1n) is 5.24. The van der Waals surface area contributed by atoms with Crippen molar-refractivity contribution in [2.75, 3.05) is 0 Å². The van der Waals surface area contributed by atoms with Gasteiger partial charge in [0, 0.05) is 0 Å². The summed E-state index contributed by atoms with van der Waals surface area (Å²) in [7, 11) is 2.46. The van der Waals surface area contributed by atoms with Crippen LogP contribution >= 0.6 is 114 Å². The lowest BCUT2D eigenvalue weighted by Gasteiger charge is -2.12. The highest BCUT2D eigenvalue weighted by molar-refractivity contribution is 8.76. The molecule has 0 nitrogen and oxygen atoms in total. The molecular weight excluding hydrogens is 492 g/mol. The second-order valence-corrected chi connectivity index (χ2v) is 9.05. The normalized spacial score (nSPS) is 11.1. The first-order chi connectivity index (χ1) is 10.2. The van der Waals surface area contributed by atoms with Gasteiger partial charge in [-0.1, -0.05) is 92.8 Å². The highest BCUT2D eigenvalue weighted by Gasteiger charge is 2.19. The van der Waals surface area contributed by atoms with E-state index < -0.39 is 0 Å². The minimum Gasteiger partial charge on any atom is -0.0830 e. The summed E-state index contributed by atoms with van der Waals surface area (Å²) in [5.74, 6) is 0. The van der Waals surface area contributed by atoms with Crippen molar-refractivity contribution in [1.82, 2.24) is 0 Å². The highest BCUT2D eigenvalue weighted by Crippen LogP contribution is 2.52. The predicted molar refractivity (Wildman–Crippen MR) is 105 cm³/mol. The van der Waals surface area contributed by atoms with Crippen LogP contribution in [0.3, 0.4) is 0 Å². The third kappa shape index (κ3) is 4.16. The van der Waals surface area contributed by atoms with Gasteiger partial charge in [0.25, 0.3) is 0 Å². The van der Waals surface area contributed by atoms with E-state index >= 15 is 0 Å². The largest absolute Gasteiger partial charge is 0.0830 e. The van der Waals surface area contributed by atoms with Gasteiger partial charge in [0.2, 0.25) is 0 Å². The van der Waals surface area contributed by atoms with E-state index in [4.69, 9.17) is 92.8 Å². The Bertz CT molecular complexity index is 683. The van der Waals surface area contributed by atoms with Crippen LogP contribution in [0, 0.1) is 0 Å². The summed E-state index contributed by atoms with van der Waals surface area (Å²) >= 11 is 48.4. The average molecular weight is 494 g/mol. The Morgan fingerprint density at radius 1 is 0.455 bits per heavy atom. The van der Waals surface area contributed by atoms with E-state index in [2.05, 4.69) is 0 Å². The van der Waals surface area contributed by atoms with Crippen molar-refractivity contribution in [2.24, 2.45) is 0 Å². The molecule has 0 aromatic heterocycles. The third-order valence-electron chi connectivity index (χ3n) is 2.35. The highest BCUT2D eigenvalue weighted by atomic mass is 35.5.